The minimum Gasteiger partial charge on any atom is -0.477 e. The van der Waals surface area contributed by atoms with Crippen molar-refractivity contribution >= 4 is 28.9 Å². The molecule has 0 aliphatic carbocycles. The van der Waals surface area contributed by atoms with Gasteiger partial charge in [0.05, 0.1) is 12.2 Å². The molecule has 1 amide bonds. The number of ether oxygens (including phenoxy) is 1. The Balaban J connectivity index is 1.39. The standard InChI is InChI=1S/C19H18N4O4S/c24-17(13-2-1-3-16-20-11-21-23(13)16)22-7-5-19(6-8-22)12-10-15(18(25)26)28-14(12)4-9-27-19/h1-3,10-11H,4-9H2,(H,25,26). The highest BCUT2D eigenvalue weighted by atomic mass is 32.1. The normalized spacial score (nSPS) is 18.4. The maximum absolute atomic E-state index is 13.0. The Morgan fingerprint density at radius 3 is 2.86 bits per heavy atom. The molecule has 2 aliphatic heterocycles. The largest absolute Gasteiger partial charge is 0.477 e. The van der Waals surface area contributed by atoms with E-state index in [0.717, 1.165) is 16.9 Å². The van der Waals surface area contributed by atoms with Gasteiger partial charge >= 0.3 is 5.97 Å². The van der Waals surface area contributed by atoms with Gasteiger partial charge in [-0.05, 0) is 36.6 Å². The summed E-state index contributed by atoms with van der Waals surface area (Å²) in [7, 11) is 0. The van der Waals surface area contributed by atoms with Crippen molar-refractivity contribution < 1.29 is 19.4 Å². The Kier molecular flexibility index (Phi) is 3.95. The molecule has 1 N–H and O–H groups in total. The fraction of sp³-hybridized carbons (Fsp3) is 0.368. The molecule has 0 radical (unpaired) electrons. The van der Waals surface area contributed by atoms with E-state index in [1.165, 1.54) is 17.7 Å². The van der Waals surface area contributed by atoms with Crippen LogP contribution in [0.25, 0.3) is 5.65 Å². The average molecular weight is 398 g/mol. The smallest absolute Gasteiger partial charge is 0.345 e. The van der Waals surface area contributed by atoms with Crippen molar-refractivity contribution in [1.82, 2.24) is 19.5 Å². The molecule has 144 valence electrons. The lowest BCUT2D eigenvalue weighted by molar-refractivity contribution is -0.0927. The lowest BCUT2D eigenvalue weighted by Gasteiger charge is -2.44. The van der Waals surface area contributed by atoms with Crippen LogP contribution in [0.2, 0.25) is 0 Å². The first-order valence-electron chi connectivity index (χ1n) is 9.16. The van der Waals surface area contributed by atoms with Crippen molar-refractivity contribution in [2.45, 2.75) is 24.9 Å². The van der Waals surface area contributed by atoms with E-state index in [1.807, 2.05) is 11.0 Å². The monoisotopic (exact) mass is 398 g/mol. The molecule has 0 atom stereocenters. The van der Waals surface area contributed by atoms with E-state index >= 15 is 0 Å². The molecule has 3 aromatic heterocycles. The van der Waals surface area contributed by atoms with Crippen LogP contribution in [0, 0.1) is 0 Å². The summed E-state index contributed by atoms with van der Waals surface area (Å²) in [6, 6.07) is 7.12. The Hall–Kier alpha value is -2.78. The number of carboxylic acid groups (broad SMARTS) is 1. The van der Waals surface area contributed by atoms with Crippen molar-refractivity contribution in [3.63, 3.8) is 0 Å². The molecule has 2 aliphatic rings. The van der Waals surface area contributed by atoms with Crippen molar-refractivity contribution in [2.75, 3.05) is 19.7 Å². The molecule has 0 aromatic carbocycles. The number of carbonyl (C=O) groups excluding carboxylic acids is 1. The van der Waals surface area contributed by atoms with Crippen molar-refractivity contribution in [3.05, 3.63) is 51.6 Å². The number of aromatic carboxylic acids is 1. The Morgan fingerprint density at radius 1 is 1.25 bits per heavy atom. The van der Waals surface area contributed by atoms with Crippen LogP contribution >= 0.6 is 11.3 Å². The maximum atomic E-state index is 13.0. The second kappa shape index (κ2) is 6.39. The van der Waals surface area contributed by atoms with E-state index in [0.29, 0.717) is 48.8 Å². The highest BCUT2D eigenvalue weighted by Gasteiger charge is 2.43. The van der Waals surface area contributed by atoms with Gasteiger partial charge in [0, 0.05) is 24.4 Å². The molecular formula is C19H18N4O4S. The van der Waals surface area contributed by atoms with Crippen LogP contribution in [0.4, 0.5) is 0 Å². The number of thiophene rings is 1. The molecule has 5 heterocycles. The lowest BCUT2D eigenvalue weighted by atomic mass is 9.82. The van der Waals surface area contributed by atoms with E-state index in [2.05, 4.69) is 10.1 Å². The number of piperidine rings is 1. The number of aromatic nitrogens is 3. The van der Waals surface area contributed by atoms with Crippen LogP contribution in [0.3, 0.4) is 0 Å². The Labute approximate surface area is 164 Å². The van der Waals surface area contributed by atoms with Crippen molar-refractivity contribution in [3.8, 4) is 0 Å². The van der Waals surface area contributed by atoms with Gasteiger partial charge in [-0.15, -0.1) is 11.3 Å². The van der Waals surface area contributed by atoms with Gasteiger partial charge < -0.3 is 14.7 Å². The van der Waals surface area contributed by atoms with Gasteiger partial charge in [-0.1, -0.05) is 6.07 Å². The summed E-state index contributed by atoms with van der Waals surface area (Å²) in [5, 5.41) is 13.5. The summed E-state index contributed by atoms with van der Waals surface area (Å²) in [4.78, 5) is 31.8. The molecule has 1 spiro atoms. The summed E-state index contributed by atoms with van der Waals surface area (Å²) in [6.07, 6.45) is 3.47. The minimum absolute atomic E-state index is 0.0847. The SMILES string of the molecule is O=C(O)c1cc2c(s1)CCOC21CCN(C(=O)c2cccc3ncnn23)CC1. The molecule has 1 saturated heterocycles. The number of carboxylic acids is 1. The van der Waals surface area contributed by atoms with Crippen LogP contribution in [-0.4, -0.2) is 56.2 Å². The zero-order valence-electron chi connectivity index (χ0n) is 15.0. The van der Waals surface area contributed by atoms with Gasteiger partial charge in [-0.2, -0.15) is 5.10 Å². The highest BCUT2D eigenvalue weighted by Crippen LogP contribution is 2.44. The summed E-state index contributed by atoms with van der Waals surface area (Å²) in [6.45, 7) is 1.67. The third-order valence-electron chi connectivity index (χ3n) is 5.60. The van der Waals surface area contributed by atoms with E-state index in [9.17, 15) is 14.7 Å². The third kappa shape index (κ3) is 2.61. The zero-order valence-corrected chi connectivity index (χ0v) is 15.8. The number of likely N-dealkylation sites (tertiary alicyclic amines) is 1. The van der Waals surface area contributed by atoms with Gasteiger partial charge in [-0.25, -0.2) is 14.3 Å². The minimum atomic E-state index is -0.900. The van der Waals surface area contributed by atoms with E-state index < -0.39 is 11.6 Å². The summed E-state index contributed by atoms with van der Waals surface area (Å²) in [5.74, 6) is -0.985. The first-order valence-corrected chi connectivity index (χ1v) is 9.97. The number of rotatable bonds is 2. The molecule has 0 bridgehead atoms. The molecule has 28 heavy (non-hydrogen) atoms. The van der Waals surface area contributed by atoms with Crippen LogP contribution in [0.1, 0.15) is 43.4 Å². The van der Waals surface area contributed by atoms with E-state index in [1.54, 1.807) is 22.7 Å². The number of hydrogen-bond donors (Lipinski definition) is 1. The topological polar surface area (TPSA) is 97.0 Å². The summed E-state index contributed by atoms with van der Waals surface area (Å²) in [5.41, 5.74) is 1.62. The molecule has 1 fully saturated rings. The molecule has 5 rings (SSSR count). The first kappa shape index (κ1) is 17.3. The van der Waals surface area contributed by atoms with Gasteiger partial charge in [0.15, 0.2) is 5.65 Å². The third-order valence-corrected chi connectivity index (χ3v) is 6.78. The van der Waals surface area contributed by atoms with Crippen LogP contribution in [0.15, 0.2) is 30.6 Å². The quantitative estimate of drug-likeness (QED) is 0.711. The summed E-state index contributed by atoms with van der Waals surface area (Å²) < 4.78 is 7.72. The predicted molar refractivity (Wildman–Crippen MR) is 101 cm³/mol. The Morgan fingerprint density at radius 2 is 2.07 bits per heavy atom. The molecular weight excluding hydrogens is 380 g/mol. The maximum Gasteiger partial charge on any atom is 0.345 e. The lowest BCUT2D eigenvalue weighted by Crippen LogP contribution is -2.48. The fourth-order valence-corrected chi connectivity index (χ4v) is 5.25. The molecule has 3 aromatic rings. The number of amides is 1. The molecule has 9 heteroatoms. The number of fused-ring (bicyclic) bond motifs is 3. The highest BCUT2D eigenvalue weighted by molar-refractivity contribution is 7.14. The van der Waals surface area contributed by atoms with Crippen LogP contribution in [-0.2, 0) is 16.8 Å². The predicted octanol–water partition coefficient (Wildman–Crippen LogP) is 2.19. The van der Waals surface area contributed by atoms with E-state index in [-0.39, 0.29) is 5.91 Å². The van der Waals surface area contributed by atoms with E-state index in [4.69, 9.17) is 4.74 Å². The summed E-state index contributed by atoms with van der Waals surface area (Å²) >= 11 is 1.34. The molecule has 0 saturated carbocycles. The van der Waals surface area contributed by atoms with Crippen LogP contribution < -0.4 is 0 Å². The molecule has 0 unspecified atom stereocenters. The van der Waals surface area contributed by atoms with Gasteiger partial charge in [0.1, 0.15) is 16.9 Å². The van der Waals surface area contributed by atoms with Crippen molar-refractivity contribution in [2.24, 2.45) is 0 Å². The van der Waals surface area contributed by atoms with Crippen molar-refractivity contribution in [1.29, 1.82) is 0 Å². The number of hydrogen-bond acceptors (Lipinski definition) is 6. The second-order valence-corrected chi connectivity index (χ2v) is 8.22. The van der Waals surface area contributed by atoms with Gasteiger partial charge in [0.2, 0.25) is 0 Å². The molecule has 8 nitrogen and oxygen atoms in total. The Bertz CT molecular complexity index is 1080. The first-order chi connectivity index (χ1) is 13.6. The second-order valence-electron chi connectivity index (χ2n) is 7.08. The number of pyridine rings is 1. The average Bonchev–Trinajstić information content (AvgIpc) is 3.36. The number of carbonyl (C=O) groups is 2. The van der Waals surface area contributed by atoms with Crippen LogP contribution in [0.5, 0.6) is 0 Å². The van der Waals surface area contributed by atoms with Gasteiger partial charge in [-0.3, -0.25) is 4.79 Å². The fourth-order valence-electron chi connectivity index (χ4n) is 4.18. The van der Waals surface area contributed by atoms with Gasteiger partial charge in [0.25, 0.3) is 5.91 Å². The number of nitrogens with zero attached hydrogens (tertiary/aromatic N) is 4. The zero-order chi connectivity index (χ0) is 19.3.